The number of aromatic nitrogens is 2. The fraction of sp³-hybridized carbons (Fsp3) is 0.132. The monoisotopic (exact) mass is 653 g/mol. The molecule has 2 amide bonds. The van der Waals surface area contributed by atoms with Crippen LogP contribution in [-0.4, -0.2) is 41.1 Å². The summed E-state index contributed by atoms with van der Waals surface area (Å²) in [7, 11) is 3.17. The Morgan fingerprint density at radius 1 is 0.708 bits per heavy atom. The normalized spacial score (nSPS) is 19.0. The molecule has 0 saturated carbocycles. The molecule has 238 valence electrons. The predicted octanol–water partition coefficient (Wildman–Crippen LogP) is 5.73. The van der Waals surface area contributed by atoms with Gasteiger partial charge >= 0.3 is 0 Å². The van der Waals surface area contributed by atoms with Crippen molar-refractivity contribution in [1.29, 1.82) is 0 Å². The van der Waals surface area contributed by atoms with Crippen molar-refractivity contribution in [3.63, 3.8) is 0 Å². The predicted molar refractivity (Wildman–Crippen MR) is 188 cm³/mol. The maximum atomic E-state index is 14.9. The van der Waals surface area contributed by atoms with Crippen molar-refractivity contribution in [1.82, 2.24) is 20.6 Å². The third kappa shape index (κ3) is 5.07. The Morgan fingerprint density at radius 3 is 1.75 bits per heavy atom. The fourth-order valence-corrected chi connectivity index (χ4v) is 7.18. The molecule has 1 saturated heterocycles. The average Bonchev–Trinajstić information content (AvgIpc) is 3.11. The highest BCUT2D eigenvalue weighted by Gasteiger charge is 2.65. The molecule has 5 aromatic rings. The number of anilines is 1. The van der Waals surface area contributed by atoms with Gasteiger partial charge in [0.05, 0.1) is 25.6 Å². The lowest BCUT2D eigenvalue weighted by molar-refractivity contribution is -0.145. The SMILES string of the molecule is COc1ccc(C2/C(=C/c3ccccc3)c3nc(N)nc(-c4ccccc4)c3C(c3ccc(OC)cc3)C23C(=O)NC(=S)NC3=O)cc1. The van der Waals surface area contributed by atoms with Crippen LogP contribution in [0.4, 0.5) is 5.95 Å². The van der Waals surface area contributed by atoms with Crippen LogP contribution in [0.25, 0.3) is 22.9 Å². The smallest absolute Gasteiger partial charge is 0.243 e. The van der Waals surface area contributed by atoms with E-state index < -0.39 is 29.1 Å². The number of carbonyl (C=O) groups excluding carboxylic acids is 2. The van der Waals surface area contributed by atoms with Gasteiger partial charge in [-0.05, 0) is 64.8 Å². The van der Waals surface area contributed by atoms with Gasteiger partial charge < -0.3 is 25.8 Å². The third-order valence-electron chi connectivity index (χ3n) is 9.02. The Bertz CT molecular complexity index is 2050. The Kier molecular flexibility index (Phi) is 7.94. The van der Waals surface area contributed by atoms with Crippen LogP contribution in [0.15, 0.2) is 109 Å². The second-order valence-electron chi connectivity index (χ2n) is 11.6. The zero-order chi connectivity index (χ0) is 33.4. The number of carbonyl (C=O) groups is 2. The maximum Gasteiger partial charge on any atom is 0.243 e. The molecule has 1 aliphatic carbocycles. The van der Waals surface area contributed by atoms with Crippen LogP contribution in [0.1, 0.15) is 39.8 Å². The van der Waals surface area contributed by atoms with Gasteiger partial charge in [0, 0.05) is 23.0 Å². The molecule has 48 heavy (non-hydrogen) atoms. The Balaban J connectivity index is 1.68. The average molecular weight is 654 g/mol. The molecule has 7 rings (SSSR count). The molecule has 2 atom stereocenters. The first kappa shape index (κ1) is 30.8. The van der Waals surface area contributed by atoms with Gasteiger partial charge in [0.25, 0.3) is 0 Å². The van der Waals surface area contributed by atoms with E-state index in [9.17, 15) is 9.59 Å². The molecule has 4 aromatic carbocycles. The number of benzene rings is 4. The summed E-state index contributed by atoms with van der Waals surface area (Å²) in [5, 5.41) is 5.58. The van der Waals surface area contributed by atoms with E-state index in [0.717, 1.165) is 11.1 Å². The summed E-state index contributed by atoms with van der Waals surface area (Å²) >= 11 is 5.37. The van der Waals surface area contributed by atoms with Gasteiger partial charge in [-0.2, -0.15) is 0 Å². The van der Waals surface area contributed by atoms with Gasteiger partial charge in [0.1, 0.15) is 11.5 Å². The van der Waals surface area contributed by atoms with Crippen molar-refractivity contribution in [3.8, 4) is 22.8 Å². The molecular weight excluding hydrogens is 623 g/mol. The Morgan fingerprint density at radius 2 is 1.21 bits per heavy atom. The van der Waals surface area contributed by atoms with Crippen LogP contribution in [0.3, 0.4) is 0 Å². The number of hydrogen-bond acceptors (Lipinski definition) is 8. The van der Waals surface area contributed by atoms with E-state index in [1.807, 2.05) is 115 Å². The molecule has 2 heterocycles. The van der Waals surface area contributed by atoms with Crippen LogP contribution >= 0.6 is 12.2 Å². The van der Waals surface area contributed by atoms with E-state index in [4.69, 9.17) is 37.4 Å². The van der Waals surface area contributed by atoms with E-state index in [1.54, 1.807) is 14.2 Å². The van der Waals surface area contributed by atoms with E-state index in [-0.39, 0.29) is 11.1 Å². The molecule has 4 N–H and O–H groups in total. The van der Waals surface area contributed by atoms with Crippen molar-refractivity contribution in [2.75, 3.05) is 20.0 Å². The van der Waals surface area contributed by atoms with Crippen LogP contribution in [0.5, 0.6) is 11.5 Å². The second-order valence-corrected chi connectivity index (χ2v) is 12.0. The van der Waals surface area contributed by atoms with Crippen LogP contribution < -0.4 is 25.8 Å². The highest BCUT2D eigenvalue weighted by molar-refractivity contribution is 7.80. The molecule has 9 nitrogen and oxygen atoms in total. The number of fused-ring (bicyclic) bond motifs is 1. The lowest BCUT2D eigenvalue weighted by Gasteiger charge is -2.50. The summed E-state index contributed by atoms with van der Waals surface area (Å²) in [5.74, 6) is -1.56. The molecule has 10 heteroatoms. The molecule has 2 aliphatic rings. The summed E-state index contributed by atoms with van der Waals surface area (Å²) in [4.78, 5) is 39.5. The Hall–Kier alpha value is -5.87. The van der Waals surface area contributed by atoms with Crippen molar-refractivity contribution in [2.45, 2.75) is 11.8 Å². The molecular formula is C38H31N5O4S. The van der Waals surface area contributed by atoms with Gasteiger partial charge in [-0.3, -0.25) is 9.59 Å². The Labute approximate surface area is 282 Å². The second kappa shape index (κ2) is 12.4. The molecule has 1 fully saturated rings. The van der Waals surface area contributed by atoms with E-state index >= 15 is 0 Å². The van der Waals surface area contributed by atoms with E-state index in [0.29, 0.717) is 45.2 Å². The number of thiocarbonyl (C=S) groups is 1. The number of methoxy groups -OCH3 is 2. The summed E-state index contributed by atoms with van der Waals surface area (Å²) in [6.07, 6.45) is 1.97. The molecule has 1 aliphatic heterocycles. The number of ether oxygens (including phenoxy) is 2. The largest absolute Gasteiger partial charge is 0.497 e. The number of nitrogens with two attached hydrogens (primary N) is 1. The van der Waals surface area contributed by atoms with Gasteiger partial charge in [0.15, 0.2) is 10.5 Å². The van der Waals surface area contributed by atoms with Crippen molar-refractivity contribution >= 4 is 46.7 Å². The minimum absolute atomic E-state index is 0.0585. The number of rotatable bonds is 6. The third-order valence-corrected chi connectivity index (χ3v) is 9.22. The number of hydrogen-bond donors (Lipinski definition) is 3. The number of nitrogens with zero attached hydrogens (tertiary/aromatic N) is 2. The number of allylic oxidation sites excluding steroid dienone is 1. The molecule has 1 aromatic heterocycles. The number of amides is 2. The van der Waals surface area contributed by atoms with E-state index in [2.05, 4.69) is 10.6 Å². The summed E-state index contributed by atoms with van der Waals surface area (Å²) < 4.78 is 11.0. The number of nitrogens with one attached hydrogen (secondary N) is 2. The zero-order valence-electron chi connectivity index (χ0n) is 26.1. The van der Waals surface area contributed by atoms with Crippen LogP contribution in [0, 0.1) is 5.41 Å². The maximum absolute atomic E-state index is 14.9. The quantitative estimate of drug-likeness (QED) is 0.157. The standard InChI is InChI=1S/C38H31N5O4S/c1-46-26-17-13-23(14-18-26)30-28(21-22-9-5-3-6-10-22)33-29(32(40-36(39)41-33)25-11-7-4-8-12-25)31(24-15-19-27(47-2)20-16-24)38(30)34(44)42-37(48)43-35(38)45/h3-21,30-31H,1-2H3,(H2,39,40,41)(H2,42,43,44,45,48)/b28-21-. The summed E-state index contributed by atoms with van der Waals surface area (Å²) in [6, 6.07) is 34.0. The molecule has 0 radical (unpaired) electrons. The van der Waals surface area contributed by atoms with E-state index in [1.165, 1.54) is 0 Å². The van der Waals surface area contributed by atoms with Crippen molar-refractivity contribution in [2.24, 2.45) is 5.41 Å². The first-order valence-electron chi connectivity index (χ1n) is 15.3. The number of nitrogen functional groups attached to an aromatic ring is 1. The highest BCUT2D eigenvalue weighted by Crippen LogP contribution is 2.62. The highest BCUT2D eigenvalue weighted by atomic mass is 32.1. The van der Waals surface area contributed by atoms with Gasteiger partial charge in [0.2, 0.25) is 17.8 Å². The van der Waals surface area contributed by atoms with Crippen molar-refractivity contribution in [3.05, 3.63) is 137 Å². The summed E-state index contributed by atoms with van der Waals surface area (Å²) in [6.45, 7) is 0. The minimum Gasteiger partial charge on any atom is -0.497 e. The first-order valence-corrected chi connectivity index (χ1v) is 15.7. The minimum atomic E-state index is -1.82. The first-order chi connectivity index (χ1) is 23.3. The van der Waals surface area contributed by atoms with Crippen molar-refractivity contribution < 1.29 is 19.1 Å². The topological polar surface area (TPSA) is 128 Å². The fourth-order valence-electron chi connectivity index (χ4n) is 6.99. The lowest BCUT2D eigenvalue weighted by atomic mass is 9.52. The summed E-state index contributed by atoms with van der Waals surface area (Å²) in [5.41, 5.74) is 9.92. The molecule has 2 unspecified atom stereocenters. The molecule has 1 spiro atoms. The van der Waals surface area contributed by atoms with Gasteiger partial charge in [-0.25, -0.2) is 9.97 Å². The lowest BCUT2D eigenvalue weighted by Crippen LogP contribution is -2.67. The van der Waals surface area contributed by atoms with Gasteiger partial charge in [-0.1, -0.05) is 84.9 Å². The van der Waals surface area contributed by atoms with Crippen LogP contribution in [-0.2, 0) is 9.59 Å². The molecule has 0 bridgehead atoms. The zero-order valence-corrected chi connectivity index (χ0v) is 27.0. The van der Waals surface area contributed by atoms with Gasteiger partial charge in [-0.15, -0.1) is 0 Å². The van der Waals surface area contributed by atoms with Crippen LogP contribution in [0.2, 0.25) is 0 Å².